The van der Waals surface area contributed by atoms with E-state index in [1.54, 1.807) is 29.0 Å². The molecule has 2 aromatic carbocycles. The summed E-state index contributed by atoms with van der Waals surface area (Å²) in [6, 6.07) is 11.0. The number of rotatable bonds is 7. The zero-order valence-electron chi connectivity index (χ0n) is 20.5. The number of ether oxygens (including phenoxy) is 3. The average molecular weight is 621 g/mol. The molecule has 0 atom stereocenters. The summed E-state index contributed by atoms with van der Waals surface area (Å²) in [6.45, 7) is 7.08. The normalized spacial score (nSPS) is 18.3. The third-order valence-corrected chi connectivity index (χ3v) is 7.46. The summed E-state index contributed by atoms with van der Waals surface area (Å²) in [5, 5.41) is 0.581. The number of hydrogen-bond acceptors (Lipinski definition) is 7. The SMILES string of the molecule is CCOc1cc(/C=C2/SC(=Nc3cccc(C(=O)N4CCOCC4)c3)N(CC)C2=O)cc(I)c1OC. The van der Waals surface area contributed by atoms with Gasteiger partial charge < -0.3 is 19.1 Å². The number of thioether (sulfide) groups is 1. The molecule has 2 amide bonds. The number of halogens is 1. The molecule has 2 fully saturated rings. The van der Waals surface area contributed by atoms with Crippen LogP contribution in [-0.4, -0.2) is 73.3 Å². The van der Waals surface area contributed by atoms with Gasteiger partial charge in [0.15, 0.2) is 16.7 Å². The predicted molar refractivity (Wildman–Crippen MR) is 150 cm³/mol. The van der Waals surface area contributed by atoms with Gasteiger partial charge in [-0.25, -0.2) is 4.99 Å². The standard InChI is InChI=1S/C26H28IN3O5S/c1-4-30-25(32)22(15-17-13-20(27)23(33-3)21(14-17)35-5-2)36-26(30)28-19-8-6-7-18(16-19)24(31)29-9-11-34-12-10-29/h6-8,13-16H,4-5,9-12H2,1-3H3/b22-15+,28-26?. The smallest absolute Gasteiger partial charge is 0.266 e. The Morgan fingerprint density at radius 2 is 2.00 bits per heavy atom. The first-order chi connectivity index (χ1) is 17.4. The number of carbonyl (C=O) groups is 2. The number of aliphatic imine (C=N–C) groups is 1. The summed E-state index contributed by atoms with van der Waals surface area (Å²) in [5.41, 5.74) is 2.04. The molecular formula is C26H28IN3O5S. The summed E-state index contributed by atoms with van der Waals surface area (Å²) in [6.07, 6.45) is 1.85. The summed E-state index contributed by atoms with van der Waals surface area (Å²) >= 11 is 3.52. The lowest BCUT2D eigenvalue weighted by molar-refractivity contribution is -0.122. The molecule has 4 rings (SSSR count). The molecule has 2 aliphatic heterocycles. The highest BCUT2D eigenvalue weighted by Gasteiger charge is 2.32. The van der Waals surface area contributed by atoms with Crippen LogP contribution in [0.25, 0.3) is 6.08 Å². The fourth-order valence-electron chi connectivity index (χ4n) is 3.92. The molecule has 2 aliphatic rings. The van der Waals surface area contributed by atoms with Crippen LogP contribution in [0.1, 0.15) is 29.8 Å². The van der Waals surface area contributed by atoms with Crippen molar-refractivity contribution >= 4 is 63.1 Å². The minimum Gasteiger partial charge on any atom is -0.492 e. The van der Waals surface area contributed by atoms with Gasteiger partial charge in [0.05, 0.1) is 41.1 Å². The molecule has 36 heavy (non-hydrogen) atoms. The number of methoxy groups -OCH3 is 1. The molecule has 0 spiro atoms. The van der Waals surface area contributed by atoms with Crippen molar-refractivity contribution in [1.29, 1.82) is 0 Å². The van der Waals surface area contributed by atoms with Gasteiger partial charge in [0.1, 0.15) is 0 Å². The van der Waals surface area contributed by atoms with Crippen LogP contribution in [-0.2, 0) is 9.53 Å². The molecule has 0 bridgehead atoms. The predicted octanol–water partition coefficient (Wildman–Crippen LogP) is 4.79. The molecular weight excluding hydrogens is 593 g/mol. The van der Waals surface area contributed by atoms with E-state index in [9.17, 15) is 9.59 Å². The zero-order chi connectivity index (χ0) is 25.7. The van der Waals surface area contributed by atoms with E-state index in [1.807, 2.05) is 44.2 Å². The van der Waals surface area contributed by atoms with Gasteiger partial charge in [-0.1, -0.05) is 6.07 Å². The zero-order valence-corrected chi connectivity index (χ0v) is 23.4. The summed E-state index contributed by atoms with van der Waals surface area (Å²) in [4.78, 5) is 34.8. The molecule has 2 heterocycles. The van der Waals surface area contributed by atoms with Gasteiger partial charge in [0, 0.05) is 25.2 Å². The van der Waals surface area contributed by atoms with Gasteiger partial charge in [-0.2, -0.15) is 0 Å². The molecule has 0 aliphatic carbocycles. The fraction of sp³-hybridized carbons (Fsp3) is 0.346. The minimum absolute atomic E-state index is 0.0392. The Bertz CT molecular complexity index is 1210. The third-order valence-electron chi connectivity index (χ3n) is 5.65. The van der Waals surface area contributed by atoms with Crippen LogP contribution in [0.15, 0.2) is 46.3 Å². The summed E-state index contributed by atoms with van der Waals surface area (Å²) in [5.74, 6) is 1.17. The van der Waals surface area contributed by atoms with Gasteiger partial charge >= 0.3 is 0 Å². The Labute approximate surface area is 228 Å². The molecule has 0 saturated carbocycles. The molecule has 2 aromatic rings. The van der Waals surface area contributed by atoms with Crippen molar-refractivity contribution in [3.05, 3.63) is 56.0 Å². The largest absolute Gasteiger partial charge is 0.492 e. The van der Waals surface area contributed by atoms with Crippen LogP contribution in [0.3, 0.4) is 0 Å². The maximum atomic E-state index is 13.2. The van der Waals surface area contributed by atoms with Crippen molar-refractivity contribution in [1.82, 2.24) is 9.80 Å². The van der Waals surface area contributed by atoms with Crippen molar-refractivity contribution < 1.29 is 23.8 Å². The lowest BCUT2D eigenvalue weighted by Gasteiger charge is -2.26. The first-order valence-electron chi connectivity index (χ1n) is 11.7. The first-order valence-corrected chi connectivity index (χ1v) is 13.6. The Hall–Kier alpha value is -2.57. The molecule has 10 heteroatoms. The highest BCUT2D eigenvalue weighted by Crippen LogP contribution is 2.38. The van der Waals surface area contributed by atoms with Crippen molar-refractivity contribution in [2.24, 2.45) is 4.99 Å². The molecule has 8 nitrogen and oxygen atoms in total. The summed E-state index contributed by atoms with van der Waals surface area (Å²) < 4.78 is 17.4. The van der Waals surface area contributed by atoms with E-state index in [0.29, 0.717) is 72.3 Å². The van der Waals surface area contributed by atoms with Crippen molar-refractivity contribution in [2.75, 3.05) is 46.6 Å². The lowest BCUT2D eigenvalue weighted by atomic mass is 10.1. The molecule has 0 aromatic heterocycles. The van der Waals surface area contributed by atoms with Crippen LogP contribution in [0.4, 0.5) is 5.69 Å². The van der Waals surface area contributed by atoms with E-state index in [0.717, 1.165) is 9.13 Å². The Morgan fingerprint density at radius 3 is 2.69 bits per heavy atom. The minimum atomic E-state index is -0.106. The topological polar surface area (TPSA) is 80.7 Å². The molecule has 0 unspecified atom stereocenters. The van der Waals surface area contributed by atoms with Crippen LogP contribution < -0.4 is 9.47 Å². The monoisotopic (exact) mass is 621 g/mol. The van der Waals surface area contributed by atoms with Gasteiger partial charge in [-0.3, -0.25) is 14.5 Å². The number of carbonyl (C=O) groups excluding carboxylic acids is 2. The molecule has 190 valence electrons. The number of nitrogens with zero attached hydrogens (tertiary/aromatic N) is 3. The quantitative estimate of drug-likeness (QED) is 0.327. The molecule has 0 radical (unpaired) electrons. The van der Waals surface area contributed by atoms with Crippen LogP contribution in [0, 0.1) is 3.57 Å². The van der Waals surface area contributed by atoms with Crippen molar-refractivity contribution in [3.63, 3.8) is 0 Å². The number of morpholine rings is 1. The maximum Gasteiger partial charge on any atom is 0.266 e. The van der Waals surface area contributed by atoms with Gasteiger partial charge in [-0.15, -0.1) is 0 Å². The summed E-state index contributed by atoms with van der Waals surface area (Å²) in [7, 11) is 1.61. The Morgan fingerprint density at radius 1 is 1.22 bits per heavy atom. The van der Waals surface area contributed by atoms with Crippen LogP contribution in [0.2, 0.25) is 0 Å². The van der Waals surface area contributed by atoms with Gasteiger partial charge in [0.25, 0.3) is 11.8 Å². The number of likely N-dealkylation sites (N-methyl/N-ethyl adjacent to an activating group) is 1. The lowest BCUT2D eigenvalue weighted by Crippen LogP contribution is -2.40. The maximum absolute atomic E-state index is 13.2. The highest BCUT2D eigenvalue weighted by molar-refractivity contribution is 14.1. The van der Waals surface area contributed by atoms with E-state index >= 15 is 0 Å². The number of amidine groups is 1. The third kappa shape index (κ3) is 5.87. The molecule has 2 saturated heterocycles. The second kappa shape index (κ2) is 12.1. The Balaban J connectivity index is 1.61. The van der Waals surface area contributed by atoms with Crippen LogP contribution in [0.5, 0.6) is 11.5 Å². The first kappa shape index (κ1) is 26.5. The second-order valence-corrected chi connectivity index (χ2v) is 10.1. The van der Waals surface area contributed by atoms with E-state index in [4.69, 9.17) is 19.2 Å². The Kier molecular flexibility index (Phi) is 8.91. The average Bonchev–Trinajstić information content (AvgIpc) is 3.17. The number of amides is 2. The number of hydrogen-bond donors (Lipinski definition) is 0. The van der Waals surface area contributed by atoms with E-state index in [-0.39, 0.29) is 11.8 Å². The van der Waals surface area contributed by atoms with Crippen molar-refractivity contribution in [3.8, 4) is 11.5 Å². The number of benzene rings is 2. The second-order valence-electron chi connectivity index (χ2n) is 7.98. The molecule has 0 N–H and O–H groups in total. The van der Waals surface area contributed by atoms with E-state index in [2.05, 4.69) is 22.6 Å². The van der Waals surface area contributed by atoms with E-state index in [1.165, 1.54) is 11.8 Å². The van der Waals surface area contributed by atoms with Gasteiger partial charge in [-0.05, 0) is 90.2 Å². The van der Waals surface area contributed by atoms with Crippen LogP contribution >= 0.6 is 34.4 Å². The highest BCUT2D eigenvalue weighted by atomic mass is 127. The van der Waals surface area contributed by atoms with Gasteiger partial charge in [0.2, 0.25) is 0 Å². The van der Waals surface area contributed by atoms with E-state index < -0.39 is 0 Å². The fourth-order valence-corrected chi connectivity index (χ4v) is 5.83. The van der Waals surface area contributed by atoms with Crippen molar-refractivity contribution in [2.45, 2.75) is 13.8 Å².